The summed E-state index contributed by atoms with van der Waals surface area (Å²) >= 11 is 0. The largest absolute Gasteiger partial charge is 0.465 e. The second-order valence-corrected chi connectivity index (χ2v) is 3.61. The highest BCUT2D eigenvalue weighted by atomic mass is 16.7. The fourth-order valence-electron chi connectivity index (χ4n) is 1.40. The molecule has 0 N–H and O–H groups in total. The molecule has 1 aromatic rings. The van der Waals surface area contributed by atoms with Gasteiger partial charge in [0.1, 0.15) is 11.5 Å². The molecule has 0 aliphatic rings. The van der Waals surface area contributed by atoms with Crippen LogP contribution in [-0.4, -0.2) is 39.0 Å². The lowest BCUT2D eigenvalue weighted by Crippen LogP contribution is -2.31. The monoisotopic (exact) mass is 213 g/mol. The molecule has 0 radical (unpaired) electrons. The number of furan rings is 1. The van der Waals surface area contributed by atoms with E-state index in [-0.39, 0.29) is 6.29 Å². The van der Waals surface area contributed by atoms with Crippen LogP contribution in [0, 0.1) is 6.92 Å². The zero-order chi connectivity index (χ0) is 11.3. The number of rotatable bonds is 6. The Labute approximate surface area is 90.8 Å². The fourth-order valence-corrected chi connectivity index (χ4v) is 1.40. The maximum absolute atomic E-state index is 5.48. The lowest BCUT2D eigenvalue weighted by atomic mass is 10.4. The molecule has 0 saturated heterocycles. The van der Waals surface area contributed by atoms with Gasteiger partial charge in [0, 0.05) is 20.8 Å². The van der Waals surface area contributed by atoms with Gasteiger partial charge in [0.25, 0.3) is 0 Å². The highest BCUT2D eigenvalue weighted by Crippen LogP contribution is 2.09. The molecule has 1 heterocycles. The van der Waals surface area contributed by atoms with Gasteiger partial charge >= 0.3 is 0 Å². The van der Waals surface area contributed by atoms with Crippen molar-refractivity contribution in [1.29, 1.82) is 0 Å². The van der Waals surface area contributed by atoms with Crippen LogP contribution in [0.3, 0.4) is 0 Å². The average Bonchev–Trinajstić information content (AvgIpc) is 2.60. The Morgan fingerprint density at radius 2 is 2.00 bits per heavy atom. The van der Waals surface area contributed by atoms with Crippen molar-refractivity contribution in [2.24, 2.45) is 0 Å². The Kier molecular flexibility index (Phi) is 4.81. The molecular weight excluding hydrogens is 194 g/mol. The molecule has 0 spiro atoms. The highest BCUT2D eigenvalue weighted by molar-refractivity contribution is 5.05. The average molecular weight is 213 g/mol. The molecule has 4 nitrogen and oxygen atoms in total. The summed E-state index contributed by atoms with van der Waals surface area (Å²) in [5.74, 6) is 1.90. The topological polar surface area (TPSA) is 34.8 Å². The molecule has 0 aliphatic carbocycles. The molecule has 0 aliphatic heterocycles. The van der Waals surface area contributed by atoms with Gasteiger partial charge in [0.15, 0.2) is 6.29 Å². The number of ether oxygens (including phenoxy) is 2. The zero-order valence-electron chi connectivity index (χ0n) is 9.82. The lowest BCUT2D eigenvalue weighted by Gasteiger charge is -2.20. The summed E-state index contributed by atoms with van der Waals surface area (Å²) in [6.45, 7) is 3.42. The lowest BCUT2D eigenvalue weighted by molar-refractivity contribution is -0.114. The van der Waals surface area contributed by atoms with Crippen molar-refractivity contribution < 1.29 is 13.9 Å². The number of hydrogen-bond acceptors (Lipinski definition) is 4. The van der Waals surface area contributed by atoms with Crippen LogP contribution in [0.25, 0.3) is 0 Å². The molecule has 1 aromatic heterocycles. The predicted octanol–water partition coefficient (Wildman–Crippen LogP) is 1.64. The molecule has 1 rings (SSSR count). The first-order valence-electron chi connectivity index (χ1n) is 4.95. The molecule has 4 heteroatoms. The molecule has 0 unspecified atom stereocenters. The van der Waals surface area contributed by atoms with E-state index >= 15 is 0 Å². The molecule has 86 valence electrons. The van der Waals surface area contributed by atoms with Crippen molar-refractivity contribution in [3.63, 3.8) is 0 Å². The first-order valence-corrected chi connectivity index (χ1v) is 4.95. The summed E-state index contributed by atoms with van der Waals surface area (Å²) < 4.78 is 15.7. The van der Waals surface area contributed by atoms with Gasteiger partial charge in [-0.3, -0.25) is 4.90 Å². The van der Waals surface area contributed by atoms with E-state index in [4.69, 9.17) is 13.9 Å². The van der Waals surface area contributed by atoms with Crippen LogP contribution in [0.15, 0.2) is 16.5 Å². The number of likely N-dealkylation sites (N-methyl/N-ethyl adjacent to an activating group) is 1. The van der Waals surface area contributed by atoms with Gasteiger partial charge in [-0.1, -0.05) is 0 Å². The third kappa shape index (κ3) is 4.03. The third-order valence-electron chi connectivity index (χ3n) is 2.21. The van der Waals surface area contributed by atoms with Crippen LogP contribution < -0.4 is 0 Å². The molecule has 0 bridgehead atoms. The van der Waals surface area contributed by atoms with Crippen molar-refractivity contribution in [3.8, 4) is 0 Å². The second kappa shape index (κ2) is 5.90. The Bertz CT molecular complexity index is 281. The van der Waals surface area contributed by atoms with Gasteiger partial charge in [-0.25, -0.2) is 0 Å². The van der Waals surface area contributed by atoms with Crippen molar-refractivity contribution in [2.45, 2.75) is 19.8 Å². The van der Waals surface area contributed by atoms with Crippen molar-refractivity contribution in [1.82, 2.24) is 4.90 Å². The Morgan fingerprint density at radius 3 is 2.47 bits per heavy atom. The van der Waals surface area contributed by atoms with Crippen LogP contribution >= 0.6 is 0 Å². The molecule has 0 amide bonds. The normalized spacial score (nSPS) is 11.6. The summed E-state index contributed by atoms with van der Waals surface area (Å²) in [6, 6.07) is 3.95. The SMILES string of the molecule is COC(CN(C)Cc1ccc(C)o1)OC. The number of nitrogens with zero attached hydrogens (tertiary/aromatic N) is 1. The van der Waals surface area contributed by atoms with E-state index in [2.05, 4.69) is 4.90 Å². The third-order valence-corrected chi connectivity index (χ3v) is 2.21. The standard InChI is InChI=1S/C11H19NO3/c1-9-5-6-10(15-9)7-12(2)8-11(13-3)14-4/h5-6,11H,7-8H2,1-4H3. The molecular formula is C11H19NO3. The second-order valence-electron chi connectivity index (χ2n) is 3.61. The van der Waals surface area contributed by atoms with Gasteiger partial charge < -0.3 is 13.9 Å². The summed E-state index contributed by atoms with van der Waals surface area (Å²) in [5.41, 5.74) is 0. The minimum atomic E-state index is -0.189. The van der Waals surface area contributed by atoms with E-state index < -0.39 is 0 Å². The first-order chi connectivity index (χ1) is 7.15. The van der Waals surface area contributed by atoms with Crippen molar-refractivity contribution >= 4 is 0 Å². The molecule has 15 heavy (non-hydrogen) atoms. The quantitative estimate of drug-likeness (QED) is 0.673. The van der Waals surface area contributed by atoms with Crippen LogP contribution in [-0.2, 0) is 16.0 Å². The maximum Gasteiger partial charge on any atom is 0.169 e. The van der Waals surface area contributed by atoms with Gasteiger partial charge in [-0.05, 0) is 26.1 Å². The van der Waals surface area contributed by atoms with Gasteiger partial charge in [0.2, 0.25) is 0 Å². The minimum Gasteiger partial charge on any atom is -0.465 e. The van der Waals surface area contributed by atoms with Gasteiger partial charge in [-0.2, -0.15) is 0 Å². The highest BCUT2D eigenvalue weighted by Gasteiger charge is 2.10. The minimum absolute atomic E-state index is 0.189. The maximum atomic E-state index is 5.48. The molecule has 0 saturated carbocycles. The molecule has 0 atom stereocenters. The van der Waals surface area contributed by atoms with E-state index in [1.165, 1.54) is 0 Å². The zero-order valence-corrected chi connectivity index (χ0v) is 9.82. The van der Waals surface area contributed by atoms with Crippen LogP contribution in [0.5, 0.6) is 0 Å². The van der Waals surface area contributed by atoms with E-state index in [0.29, 0.717) is 6.54 Å². The van der Waals surface area contributed by atoms with Crippen LogP contribution in [0.4, 0.5) is 0 Å². The molecule has 0 fully saturated rings. The van der Waals surface area contributed by atoms with Crippen LogP contribution in [0.2, 0.25) is 0 Å². The summed E-state index contributed by atoms with van der Waals surface area (Å²) in [7, 11) is 5.28. The van der Waals surface area contributed by atoms with E-state index in [0.717, 1.165) is 18.1 Å². The summed E-state index contributed by atoms with van der Waals surface area (Å²) in [5, 5.41) is 0. The van der Waals surface area contributed by atoms with Crippen molar-refractivity contribution in [3.05, 3.63) is 23.7 Å². The number of hydrogen-bond donors (Lipinski definition) is 0. The van der Waals surface area contributed by atoms with Gasteiger partial charge in [0.05, 0.1) is 6.54 Å². The Hall–Kier alpha value is -0.840. The number of methoxy groups -OCH3 is 2. The number of aryl methyl sites for hydroxylation is 1. The van der Waals surface area contributed by atoms with E-state index in [1.54, 1.807) is 14.2 Å². The fraction of sp³-hybridized carbons (Fsp3) is 0.636. The predicted molar refractivity (Wildman–Crippen MR) is 57.6 cm³/mol. The molecule has 0 aromatic carbocycles. The first kappa shape index (κ1) is 12.2. The van der Waals surface area contributed by atoms with Gasteiger partial charge in [-0.15, -0.1) is 0 Å². The summed E-state index contributed by atoms with van der Waals surface area (Å²) in [4.78, 5) is 2.09. The van der Waals surface area contributed by atoms with E-state index in [1.807, 2.05) is 26.1 Å². The Balaban J connectivity index is 2.38. The van der Waals surface area contributed by atoms with Crippen LogP contribution in [0.1, 0.15) is 11.5 Å². The van der Waals surface area contributed by atoms with Crippen molar-refractivity contribution in [2.75, 3.05) is 27.8 Å². The summed E-state index contributed by atoms with van der Waals surface area (Å²) in [6.07, 6.45) is -0.189. The smallest absolute Gasteiger partial charge is 0.169 e. The Morgan fingerprint density at radius 1 is 1.33 bits per heavy atom. The van der Waals surface area contributed by atoms with E-state index in [9.17, 15) is 0 Å².